The number of nitrogens with zero attached hydrogens (tertiary/aromatic N) is 3. The van der Waals surface area contributed by atoms with E-state index in [1.165, 1.54) is 0 Å². The largest absolute Gasteiger partial charge is 0.250 e. The standard InChI is InChI=1S/C9H16ClN3/c1-3-6-13-9(11-7-12-13)5-4-8(2)10/h7-8H,3-6H2,1-2H3. The minimum atomic E-state index is 0.215. The van der Waals surface area contributed by atoms with Crippen molar-refractivity contribution in [1.29, 1.82) is 0 Å². The highest BCUT2D eigenvalue weighted by Gasteiger charge is 2.04. The van der Waals surface area contributed by atoms with Gasteiger partial charge in [0.05, 0.1) is 0 Å². The fourth-order valence-corrected chi connectivity index (χ4v) is 1.32. The number of hydrogen-bond donors (Lipinski definition) is 0. The van der Waals surface area contributed by atoms with Gasteiger partial charge in [0.1, 0.15) is 12.2 Å². The van der Waals surface area contributed by atoms with Crippen molar-refractivity contribution >= 4 is 11.6 Å². The first kappa shape index (κ1) is 10.5. The highest BCUT2D eigenvalue weighted by Crippen LogP contribution is 2.06. The van der Waals surface area contributed by atoms with E-state index in [1.54, 1.807) is 6.33 Å². The molecule has 0 amide bonds. The highest BCUT2D eigenvalue weighted by atomic mass is 35.5. The molecule has 13 heavy (non-hydrogen) atoms. The third kappa shape index (κ3) is 3.35. The molecule has 0 saturated heterocycles. The quantitative estimate of drug-likeness (QED) is 0.685. The van der Waals surface area contributed by atoms with Gasteiger partial charge in [0.25, 0.3) is 0 Å². The Labute approximate surface area is 84.1 Å². The van der Waals surface area contributed by atoms with Gasteiger partial charge in [-0.05, 0) is 19.8 Å². The van der Waals surface area contributed by atoms with Crippen LogP contribution in [0, 0.1) is 0 Å². The van der Waals surface area contributed by atoms with Crippen LogP contribution in [0.1, 0.15) is 32.5 Å². The first-order valence-electron chi connectivity index (χ1n) is 4.74. The topological polar surface area (TPSA) is 30.7 Å². The van der Waals surface area contributed by atoms with Gasteiger partial charge in [0.15, 0.2) is 0 Å². The van der Waals surface area contributed by atoms with Crippen molar-refractivity contribution in [2.45, 2.75) is 45.0 Å². The van der Waals surface area contributed by atoms with E-state index in [2.05, 4.69) is 17.0 Å². The minimum absolute atomic E-state index is 0.215. The van der Waals surface area contributed by atoms with Gasteiger partial charge in [0.2, 0.25) is 0 Å². The van der Waals surface area contributed by atoms with Crippen molar-refractivity contribution in [1.82, 2.24) is 14.8 Å². The summed E-state index contributed by atoms with van der Waals surface area (Å²) in [5.41, 5.74) is 0. The molecule has 1 rings (SSSR count). The molecule has 1 aromatic rings. The average Bonchev–Trinajstić information content (AvgIpc) is 2.49. The molecule has 1 unspecified atom stereocenters. The summed E-state index contributed by atoms with van der Waals surface area (Å²) in [6.07, 6.45) is 4.59. The lowest BCUT2D eigenvalue weighted by molar-refractivity contribution is 0.560. The number of aromatic nitrogens is 3. The van der Waals surface area contributed by atoms with Crippen LogP contribution in [0.4, 0.5) is 0 Å². The molecule has 0 aliphatic rings. The van der Waals surface area contributed by atoms with E-state index in [9.17, 15) is 0 Å². The molecule has 74 valence electrons. The van der Waals surface area contributed by atoms with Crippen molar-refractivity contribution < 1.29 is 0 Å². The predicted molar refractivity (Wildman–Crippen MR) is 53.9 cm³/mol. The van der Waals surface area contributed by atoms with E-state index in [1.807, 2.05) is 11.6 Å². The number of halogens is 1. The van der Waals surface area contributed by atoms with Crippen molar-refractivity contribution in [3.05, 3.63) is 12.2 Å². The van der Waals surface area contributed by atoms with E-state index >= 15 is 0 Å². The van der Waals surface area contributed by atoms with E-state index in [0.29, 0.717) is 0 Å². The summed E-state index contributed by atoms with van der Waals surface area (Å²) < 4.78 is 1.96. The lowest BCUT2D eigenvalue weighted by Gasteiger charge is -2.04. The van der Waals surface area contributed by atoms with E-state index in [0.717, 1.165) is 31.6 Å². The molecule has 0 aliphatic heterocycles. The molecule has 1 heterocycles. The molecule has 0 aromatic carbocycles. The van der Waals surface area contributed by atoms with Gasteiger partial charge >= 0.3 is 0 Å². The lowest BCUT2D eigenvalue weighted by atomic mass is 10.2. The second kappa shape index (κ2) is 5.22. The Balaban J connectivity index is 2.49. The maximum absolute atomic E-state index is 5.87. The third-order valence-electron chi connectivity index (χ3n) is 1.90. The summed E-state index contributed by atoms with van der Waals surface area (Å²) in [7, 11) is 0. The van der Waals surface area contributed by atoms with E-state index in [4.69, 9.17) is 11.6 Å². The molecular weight excluding hydrogens is 186 g/mol. The first-order valence-corrected chi connectivity index (χ1v) is 5.18. The van der Waals surface area contributed by atoms with Crippen molar-refractivity contribution in [3.8, 4) is 0 Å². The molecular formula is C9H16ClN3. The molecule has 1 aromatic heterocycles. The van der Waals surface area contributed by atoms with Gasteiger partial charge in [-0.1, -0.05) is 6.92 Å². The van der Waals surface area contributed by atoms with Gasteiger partial charge in [-0.25, -0.2) is 4.98 Å². The number of rotatable bonds is 5. The van der Waals surface area contributed by atoms with Gasteiger partial charge in [0, 0.05) is 18.3 Å². The van der Waals surface area contributed by atoms with Crippen LogP contribution < -0.4 is 0 Å². The highest BCUT2D eigenvalue weighted by molar-refractivity contribution is 6.20. The summed E-state index contributed by atoms with van der Waals surface area (Å²) in [5.74, 6) is 1.05. The van der Waals surface area contributed by atoms with E-state index < -0.39 is 0 Å². The molecule has 0 radical (unpaired) electrons. The van der Waals surface area contributed by atoms with Crippen LogP contribution in [0.2, 0.25) is 0 Å². The van der Waals surface area contributed by atoms with Crippen LogP contribution in [0.3, 0.4) is 0 Å². The van der Waals surface area contributed by atoms with Gasteiger partial charge in [-0.3, -0.25) is 4.68 Å². The maximum atomic E-state index is 5.87. The van der Waals surface area contributed by atoms with Crippen LogP contribution >= 0.6 is 11.6 Å². The van der Waals surface area contributed by atoms with Gasteiger partial charge in [-0.15, -0.1) is 11.6 Å². The van der Waals surface area contributed by atoms with Crippen LogP contribution in [0.5, 0.6) is 0 Å². The zero-order valence-corrected chi connectivity index (χ0v) is 8.96. The van der Waals surface area contributed by atoms with Crippen LogP contribution in [0.15, 0.2) is 6.33 Å². The predicted octanol–water partition coefficient (Wildman–Crippen LogP) is 2.25. The van der Waals surface area contributed by atoms with Crippen LogP contribution in [-0.2, 0) is 13.0 Å². The monoisotopic (exact) mass is 201 g/mol. The first-order chi connectivity index (χ1) is 6.24. The SMILES string of the molecule is CCCn1ncnc1CCC(C)Cl. The van der Waals surface area contributed by atoms with Crippen molar-refractivity contribution in [3.63, 3.8) is 0 Å². The fraction of sp³-hybridized carbons (Fsp3) is 0.778. The Kier molecular flexibility index (Phi) is 4.22. The second-order valence-electron chi connectivity index (χ2n) is 3.22. The molecule has 0 bridgehead atoms. The fourth-order valence-electron chi connectivity index (χ4n) is 1.21. The van der Waals surface area contributed by atoms with Gasteiger partial charge in [-0.2, -0.15) is 5.10 Å². The number of alkyl halides is 1. The number of hydrogen-bond acceptors (Lipinski definition) is 2. The molecule has 4 heteroatoms. The van der Waals surface area contributed by atoms with Crippen molar-refractivity contribution in [2.24, 2.45) is 0 Å². The van der Waals surface area contributed by atoms with E-state index in [-0.39, 0.29) is 5.38 Å². The summed E-state index contributed by atoms with van der Waals surface area (Å²) in [4.78, 5) is 4.20. The van der Waals surface area contributed by atoms with Crippen LogP contribution in [0.25, 0.3) is 0 Å². The molecule has 0 N–H and O–H groups in total. The normalized spacial score (nSPS) is 13.2. The molecule has 0 saturated carbocycles. The average molecular weight is 202 g/mol. The Hall–Kier alpha value is -0.570. The Morgan fingerprint density at radius 1 is 1.62 bits per heavy atom. The molecule has 1 atom stereocenters. The Morgan fingerprint density at radius 2 is 2.38 bits per heavy atom. The summed E-state index contributed by atoms with van der Waals surface area (Å²) in [6.45, 7) is 5.09. The Bertz CT molecular complexity index is 245. The zero-order chi connectivity index (χ0) is 9.68. The molecule has 0 aliphatic carbocycles. The summed E-state index contributed by atoms with van der Waals surface area (Å²) in [6, 6.07) is 0. The zero-order valence-electron chi connectivity index (χ0n) is 8.20. The van der Waals surface area contributed by atoms with Crippen LogP contribution in [-0.4, -0.2) is 20.1 Å². The summed E-state index contributed by atoms with van der Waals surface area (Å²) in [5, 5.41) is 4.36. The molecule has 0 spiro atoms. The number of aryl methyl sites for hydroxylation is 2. The second-order valence-corrected chi connectivity index (χ2v) is 3.96. The lowest BCUT2D eigenvalue weighted by Crippen LogP contribution is -2.07. The van der Waals surface area contributed by atoms with Gasteiger partial charge < -0.3 is 0 Å². The minimum Gasteiger partial charge on any atom is -0.250 e. The summed E-state index contributed by atoms with van der Waals surface area (Å²) >= 11 is 5.87. The molecule has 3 nitrogen and oxygen atoms in total. The molecule has 0 fully saturated rings. The Morgan fingerprint density at radius 3 is 3.00 bits per heavy atom. The third-order valence-corrected chi connectivity index (χ3v) is 2.12. The van der Waals surface area contributed by atoms with Crippen molar-refractivity contribution in [2.75, 3.05) is 0 Å². The smallest absolute Gasteiger partial charge is 0.138 e. The maximum Gasteiger partial charge on any atom is 0.138 e.